The molecule has 9 heteroatoms. The van der Waals surface area contributed by atoms with Gasteiger partial charge in [0.2, 0.25) is 5.88 Å². The molecule has 2 saturated heterocycles. The number of hydrogen-bond donors (Lipinski definition) is 0. The van der Waals surface area contributed by atoms with E-state index in [1.807, 2.05) is 18.2 Å². The normalized spacial score (nSPS) is 19.4. The number of fused-ring (bicyclic) bond motifs is 1. The Balaban J connectivity index is 1.22. The predicted octanol–water partition coefficient (Wildman–Crippen LogP) is 2.92. The van der Waals surface area contributed by atoms with Crippen molar-refractivity contribution >= 4 is 28.5 Å². The van der Waals surface area contributed by atoms with Crippen LogP contribution in [0.25, 0.3) is 11.0 Å². The van der Waals surface area contributed by atoms with Gasteiger partial charge < -0.3 is 14.4 Å². The highest BCUT2D eigenvalue weighted by Crippen LogP contribution is 2.27. The zero-order valence-electron chi connectivity index (χ0n) is 17.8. The van der Waals surface area contributed by atoms with Crippen LogP contribution in [-0.4, -0.2) is 73.4 Å². The van der Waals surface area contributed by atoms with Crippen LogP contribution in [0.1, 0.15) is 0 Å². The monoisotopic (exact) mass is 437 g/mol. The molecule has 0 aliphatic carbocycles. The first-order valence-corrected chi connectivity index (χ1v) is 10.6. The Morgan fingerprint density at radius 2 is 2.00 bits per heavy atom. The summed E-state index contributed by atoms with van der Waals surface area (Å²) in [5.74, 6) is 0.196. The predicted molar refractivity (Wildman–Crippen MR) is 119 cm³/mol. The Hall–Kier alpha value is -3.46. The van der Waals surface area contributed by atoms with Crippen molar-refractivity contribution in [1.29, 1.82) is 0 Å². The molecule has 2 aromatic heterocycles. The molecule has 0 N–H and O–H groups in total. The summed E-state index contributed by atoms with van der Waals surface area (Å²) in [6, 6.07) is 11.7. The molecular formula is C23H24FN5O3. The van der Waals surface area contributed by atoms with Gasteiger partial charge in [-0.3, -0.25) is 14.8 Å². The van der Waals surface area contributed by atoms with Gasteiger partial charge in [0, 0.05) is 45.0 Å². The average Bonchev–Trinajstić information content (AvgIpc) is 3.18. The molecule has 1 amide bonds. The van der Waals surface area contributed by atoms with Gasteiger partial charge in [0.1, 0.15) is 17.4 Å². The van der Waals surface area contributed by atoms with Crippen LogP contribution in [0.5, 0.6) is 5.88 Å². The highest BCUT2D eigenvalue weighted by molar-refractivity contribution is 5.90. The molecule has 0 radical (unpaired) electrons. The summed E-state index contributed by atoms with van der Waals surface area (Å²) in [5.41, 5.74) is 3.23. The van der Waals surface area contributed by atoms with Crippen molar-refractivity contribution in [2.75, 3.05) is 56.2 Å². The number of ether oxygens (including phenoxy) is 2. The van der Waals surface area contributed by atoms with Crippen molar-refractivity contribution in [3.05, 3.63) is 54.5 Å². The summed E-state index contributed by atoms with van der Waals surface area (Å²) >= 11 is 0. The van der Waals surface area contributed by atoms with Crippen LogP contribution in [0.15, 0.2) is 48.7 Å². The SMILES string of the molecule is COc1ccc2nccc(N3CCN(CC4CN(c5cccc(F)c5)C(=O)O4)CC3)c2n1. The fourth-order valence-electron chi connectivity index (χ4n) is 4.29. The standard InChI is InChI=1S/C23H24FN5O3/c1-31-21-6-5-19-22(26-21)20(7-8-25-19)28-11-9-27(10-12-28)14-18-15-29(23(30)32-18)17-4-2-3-16(24)13-17/h2-8,13,18H,9-12,14-15H2,1H3. The Labute approximate surface area is 185 Å². The number of piperazine rings is 1. The number of anilines is 2. The van der Waals surface area contributed by atoms with Crippen LogP contribution < -0.4 is 14.5 Å². The molecule has 0 saturated carbocycles. The number of amides is 1. The van der Waals surface area contributed by atoms with Crippen molar-refractivity contribution in [3.8, 4) is 5.88 Å². The zero-order valence-corrected chi connectivity index (χ0v) is 17.8. The van der Waals surface area contributed by atoms with E-state index in [9.17, 15) is 9.18 Å². The number of nitrogens with zero attached hydrogens (tertiary/aromatic N) is 5. The molecule has 3 aromatic rings. The van der Waals surface area contributed by atoms with E-state index >= 15 is 0 Å². The molecule has 1 atom stereocenters. The smallest absolute Gasteiger partial charge is 0.414 e. The molecule has 8 nitrogen and oxygen atoms in total. The molecule has 166 valence electrons. The van der Waals surface area contributed by atoms with Crippen LogP contribution in [0.2, 0.25) is 0 Å². The third-order valence-corrected chi connectivity index (χ3v) is 5.91. The van der Waals surface area contributed by atoms with Crippen molar-refractivity contribution in [3.63, 3.8) is 0 Å². The fourth-order valence-corrected chi connectivity index (χ4v) is 4.29. The minimum absolute atomic E-state index is 0.245. The summed E-state index contributed by atoms with van der Waals surface area (Å²) in [7, 11) is 1.61. The van der Waals surface area contributed by atoms with Crippen molar-refractivity contribution < 1.29 is 18.7 Å². The minimum atomic E-state index is -0.428. The lowest BCUT2D eigenvalue weighted by Crippen LogP contribution is -2.49. The number of carbonyl (C=O) groups is 1. The summed E-state index contributed by atoms with van der Waals surface area (Å²) in [5, 5.41) is 0. The quantitative estimate of drug-likeness (QED) is 0.608. The molecule has 32 heavy (non-hydrogen) atoms. The number of aromatic nitrogens is 2. The Morgan fingerprint density at radius 3 is 2.78 bits per heavy atom. The highest BCUT2D eigenvalue weighted by atomic mass is 19.1. The van der Waals surface area contributed by atoms with Crippen LogP contribution in [0, 0.1) is 5.82 Å². The molecule has 2 aliphatic rings. The molecular weight excluding hydrogens is 413 g/mol. The van der Waals surface area contributed by atoms with Gasteiger partial charge in [0.05, 0.1) is 30.5 Å². The average molecular weight is 437 g/mol. The number of benzene rings is 1. The van der Waals surface area contributed by atoms with E-state index in [0.717, 1.165) is 42.9 Å². The molecule has 1 unspecified atom stereocenters. The van der Waals surface area contributed by atoms with Gasteiger partial charge in [-0.25, -0.2) is 14.2 Å². The molecule has 2 fully saturated rings. The largest absolute Gasteiger partial charge is 0.481 e. The lowest BCUT2D eigenvalue weighted by Gasteiger charge is -2.36. The molecule has 0 bridgehead atoms. The number of methoxy groups -OCH3 is 1. The van der Waals surface area contributed by atoms with Gasteiger partial charge in [-0.05, 0) is 30.3 Å². The van der Waals surface area contributed by atoms with Gasteiger partial charge in [-0.15, -0.1) is 0 Å². The number of pyridine rings is 2. The number of cyclic esters (lactones) is 1. The first-order valence-electron chi connectivity index (χ1n) is 10.6. The number of halogens is 1. The summed E-state index contributed by atoms with van der Waals surface area (Å²) < 4.78 is 24.3. The van der Waals surface area contributed by atoms with Crippen LogP contribution in [-0.2, 0) is 4.74 Å². The summed E-state index contributed by atoms with van der Waals surface area (Å²) in [6.45, 7) is 4.39. The topological polar surface area (TPSA) is 71.0 Å². The second-order valence-electron chi connectivity index (χ2n) is 7.94. The molecule has 5 rings (SSSR count). The van der Waals surface area contributed by atoms with Crippen LogP contribution >= 0.6 is 0 Å². The minimum Gasteiger partial charge on any atom is -0.481 e. The third-order valence-electron chi connectivity index (χ3n) is 5.91. The first-order chi connectivity index (χ1) is 15.6. The Bertz CT molecular complexity index is 1140. The van der Waals surface area contributed by atoms with Gasteiger partial charge >= 0.3 is 6.09 Å². The second-order valence-corrected chi connectivity index (χ2v) is 7.94. The third kappa shape index (κ3) is 4.03. The van der Waals surface area contributed by atoms with E-state index in [0.29, 0.717) is 24.7 Å². The van der Waals surface area contributed by atoms with Crippen LogP contribution in [0.4, 0.5) is 20.6 Å². The number of carbonyl (C=O) groups excluding carboxylic acids is 1. The van der Waals surface area contributed by atoms with E-state index in [-0.39, 0.29) is 11.9 Å². The van der Waals surface area contributed by atoms with Crippen molar-refractivity contribution in [1.82, 2.24) is 14.9 Å². The highest BCUT2D eigenvalue weighted by Gasteiger charge is 2.34. The first kappa shape index (κ1) is 20.4. The lowest BCUT2D eigenvalue weighted by atomic mass is 10.2. The van der Waals surface area contributed by atoms with E-state index in [2.05, 4.69) is 19.8 Å². The van der Waals surface area contributed by atoms with Gasteiger partial charge in [-0.2, -0.15) is 0 Å². The number of hydrogen-bond acceptors (Lipinski definition) is 7. The zero-order chi connectivity index (χ0) is 22.1. The van der Waals surface area contributed by atoms with Crippen molar-refractivity contribution in [2.24, 2.45) is 0 Å². The van der Waals surface area contributed by atoms with Gasteiger partial charge in [0.25, 0.3) is 0 Å². The summed E-state index contributed by atoms with van der Waals surface area (Å²) in [4.78, 5) is 27.4. The second kappa shape index (κ2) is 8.58. The Kier molecular flexibility index (Phi) is 5.48. The van der Waals surface area contributed by atoms with E-state index in [4.69, 9.17) is 9.47 Å². The van der Waals surface area contributed by atoms with E-state index in [1.165, 1.54) is 17.0 Å². The molecule has 4 heterocycles. The van der Waals surface area contributed by atoms with E-state index < -0.39 is 6.09 Å². The van der Waals surface area contributed by atoms with E-state index in [1.54, 1.807) is 25.4 Å². The molecule has 2 aliphatic heterocycles. The maximum absolute atomic E-state index is 13.5. The van der Waals surface area contributed by atoms with Crippen molar-refractivity contribution in [2.45, 2.75) is 6.10 Å². The molecule has 0 spiro atoms. The maximum Gasteiger partial charge on any atom is 0.414 e. The summed E-state index contributed by atoms with van der Waals surface area (Å²) in [6.07, 6.45) is 1.13. The lowest BCUT2D eigenvalue weighted by molar-refractivity contribution is 0.106. The molecule has 1 aromatic carbocycles. The fraction of sp³-hybridized carbons (Fsp3) is 0.348. The van der Waals surface area contributed by atoms with Crippen LogP contribution in [0.3, 0.4) is 0 Å². The maximum atomic E-state index is 13.5. The van der Waals surface area contributed by atoms with Gasteiger partial charge in [0.15, 0.2) is 0 Å². The Morgan fingerprint density at radius 1 is 1.16 bits per heavy atom. The number of rotatable bonds is 5. The van der Waals surface area contributed by atoms with Gasteiger partial charge in [-0.1, -0.05) is 6.07 Å².